The van der Waals surface area contributed by atoms with Gasteiger partial charge in [-0.05, 0) is 19.8 Å². The molecule has 0 bridgehead atoms. The number of hydrogen-bond donors (Lipinski definition) is 2. The van der Waals surface area contributed by atoms with Crippen molar-refractivity contribution >= 4 is 27.2 Å². The zero-order valence-electron chi connectivity index (χ0n) is 10.4. The first-order valence-corrected chi connectivity index (χ1v) is 8.29. The molecule has 0 radical (unpaired) electrons. The standard InChI is InChI=1S/C11H22N2O2S2/c1-2-17(14,15)13-11(10(12)16)8-6-4-3-5-7-9-11/h13H,2-9H2,1H3,(H2,12,16). The second-order valence-corrected chi connectivity index (χ2v) is 7.17. The molecule has 0 unspecified atom stereocenters. The van der Waals surface area contributed by atoms with Crippen molar-refractivity contribution in [3.63, 3.8) is 0 Å². The summed E-state index contributed by atoms with van der Waals surface area (Å²) in [5.41, 5.74) is 5.10. The molecule has 17 heavy (non-hydrogen) atoms. The van der Waals surface area contributed by atoms with E-state index in [0.717, 1.165) is 38.5 Å². The van der Waals surface area contributed by atoms with Crippen LogP contribution in [-0.2, 0) is 10.0 Å². The van der Waals surface area contributed by atoms with Crippen molar-refractivity contribution in [1.82, 2.24) is 4.72 Å². The molecule has 1 aliphatic rings. The summed E-state index contributed by atoms with van der Waals surface area (Å²) in [7, 11) is -3.27. The first kappa shape index (κ1) is 14.9. The lowest BCUT2D eigenvalue weighted by Crippen LogP contribution is -2.57. The van der Waals surface area contributed by atoms with Gasteiger partial charge in [0.2, 0.25) is 10.0 Å². The van der Waals surface area contributed by atoms with Crippen LogP contribution in [0.1, 0.15) is 51.9 Å². The van der Waals surface area contributed by atoms with Crippen LogP contribution in [0.3, 0.4) is 0 Å². The minimum Gasteiger partial charge on any atom is -0.392 e. The molecule has 1 saturated carbocycles. The van der Waals surface area contributed by atoms with Crippen LogP contribution < -0.4 is 10.5 Å². The van der Waals surface area contributed by atoms with Gasteiger partial charge in [-0.15, -0.1) is 0 Å². The van der Waals surface area contributed by atoms with Crippen LogP contribution in [0.25, 0.3) is 0 Å². The summed E-state index contributed by atoms with van der Waals surface area (Å²) in [6.45, 7) is 1.62. The topological polar surface area (TPSA) is 72.2 Å². The first-order chi connectivity index (χ1) is 7.92. The van der Waals surface area contributed by atoms with Gasteiger partial charge in [0.15, 0.2) is 0 Å². The monoisotopic (exact) mass is 278 g/mol. The molecular weight excluding hydrogens is 256 g/mol. The average Bonchev–Trinajstić information content (AvgIpc) is 2.22. The number of nitrogens with one attached hydrogen (secondary N) is 1. The van der Waals surface area contributed by atoms with Crippen LogP contribution >= 0.6 is 12.2 Å². The van der Waals surface area contributed by atoms with Gasteiger partial charge in [-0.2, -0.15) is 0 Å². The Hall–Kier alpha value is -0.200. The highest BCUT2D eigenvalue weighted by atomic mass is 32.2. The van der Waals surface area contributed by atoms with Gasteiger partial charge in [-0.25, -0.2) is 13.1 Å². The Morgan fingerprint density at radius 3 is 2.12 bits per heavy atom. The lowest BCUT2D eigenvalue weighted by atomic mass is 9.85. The third kappa shape index (κ3) is 4.19. The molecule has 0 atom stereocenters. The quantitative estimate of drug-likeness (QED) is 0.768. The highest BCUT2D eigenvalue weighted by molar-refractivity contribution is 7.89. The molecule has 1 rings (SSSR count). The van der Waals surface area contributed by atoms with Crippen LogP contribution in [-0.4, -0.2) is 24.7 Å². The maximum Gasteiger partial charge on any atom is 0.212 e. The Labute approximate surface area is 109 Å². The largest absolute Gasteiger partial charge is 0.392 e. The third-order valence-corrected chi connectivity index (χ3v) is 5.26. The van der Waals surface area contributed by atoms with Crippen molar-refractivity contribution < 1.29 is 8.42 Å². The minimum atomic E-state index is -3.27. The zero-order chi connectivity index (χ0) is 12.9. The van der Waals surface area contributed by atoms with Crippen LogP contribution in [0.15, 0.2) is 0 Å². The van der Waals surface area contributed by atoms with Gasteiger partial charge in [0.05, 0.1) is 16.3 Å². The van der Waals surface area contributed by atoms with Crippen molar-refractivity contribution in [3.8, 4) is 0 Å². The fourth-order valence-corrected chi connectivity index (χ4v) is 3.65. The minimum absolute atomic E-state index is 0.0668. The van der Waals surface area contributed by atoms with Crippen molar-refractivity contribution in [2.75, 3.05) is 5.75 Å². The van der Waals surface area contributed by atoms with E-state index in [2.05, 4.69) is 4.72 Å². The molecule has 1 fully saturated rings. The lowest BCUT2D eigenvalue weighted by Gasteiger charge is -2.35. The molecule has 0 aromatic rings. The number of nitrogens with two attached hydrogens (primary N) is 1. The SMILES string of the molecule is CCS(=O)(=O)NC1(C(N)=S)CCCCCCC1. The molecule has 0 saturated heterocycles. The average molecular weight is 278 g/mol. The summed E-state index contributed by atoms with van der Waals surface area (Å²) in [6, 6.07) is 0. The number of hydrogen-bond acceptors (Lipinski definition) is 3. The molecule has 0 aromatic carbocycles. The van der Waals surface area contributed by atoms with Crippen LogP contribution in [0, 0.1) is 0 Å². The summed E-state index contributed by atoms with van der Waals surface area (Å²) in [4.78, 5) is 0.288. The molecule has 0 aromatic heterocycles. The van der Waals surface area contributed by atoms with Gasteiger partial charge in [0, 0.05) is 0 Å². The molecule has 3 N–H and O–H groups in total. The summed E-state index contributed by atoms with van der Waals surface area (Å²) in [5.74, 6) is 0.0668. The van der Waals surface area contributed by atoms with Gasteiger partial charge in [-0.1, -0.05) is 44.3 Å². The Morgan fingerprint density at radius 1 is 1.24 bits per heavy atom. The molecule has 1 aliphatic carbocycles. The summed E-state index contributed by atoms with van der Waals surface area (Å²) < 4.78 is 26.2. The van der Waals surface area contributed by atoms with E-state index in [0.29, 0.717) is 0 Å². The van der Waals surface area contributed by atoms with E-state index in [4.69, 9.17) is 18.0 Å². The molecular formula is C11H22N2O2S2. The van der Waals surface area contributed by atoms with Gasteiger partial charge in [0.25, 0.3) is 0 Å². The normalized spacial score (nSPS) is 21.5. The third-order valence-electron chi connectivity index (χ3n) is 3.41. The van der Waals surface area contributed by atoms with Gasteiger partial charge < -0.3 is 5.73 Å². The number of rotatable bonds is 4. The van der Waals surface area contributed by atoms with Crippen molar-refractivity contribution in [3.05, 3.63) is 0 Å². The van der Waals surface area contributed by atoms with Gasteiger partial charge >= 0.3 is 0 Å². The highest BCUT2D eigenvalue weighted by Crippen LogP contribution is 2.27. The predicted octanol–water partition coefficient (Wildman–Crippen LogP) is 1.69. The molecule has 0 spiro atoms. The zero-order valence-corrected chi connectivity index (χ0v) is 12.0. The fourth-order valence-electron chi connectivity index (χ4n) is 2.28. The smallest absolute Gasteiger partial charge is 0.212 e. The second-order valence-electron chi connectivity index (χ2n) is 4.72. The molecule has 0 amide bonds. The molecule has 0 heterocycles. The lowest BCUT2D eigenvalue weighted by molar-refractivity contribution is 0.372. The van der Waals surface area contributed by atoms with Crippen LogP contribution in [0.5, 0.6) is 0 Å². The van der Waals surface area contributed by atoms with E-state index >= 15 is 0 Å². The highest BCUT2D eigenvalue weighted by Gasteiger charge is 2.36. The van der Waals surface area contributed by atoms with Crippen molar-refractivity contribution in [2.24, 2.45) is 5.73 Å². The molecule has 100 valence electrons. The van der Waals surface area contributed by atoms with Gasteiger partial charge in [0.1, 0.15) is 0 Å². The Kier molecular flexibility index (Phi) is 5.34. The summed E-state index contributed by atoms with van der Waals surface area (Å²) in [5, 5.41) is 0. The van der Waals surface area contributed by atoms with Crippen LogP contribution in [0.4, 0.5) is 0 Å². The summed E-state index contributed by atoms with van der Waals surface area (Å²) >= 11 is 5.10. The second kappa shape index (κ2) is 6.11. The Morgan fingerprint density at radius 2 is 1.71 bits per heavy atom. The Balaban J connectivity index is 2.90. The fraction of sp³-hybridized carbons (Fsp3) is 0.909. The van der Waals surface area contributed by atoms with Crippen LogP contribution in [0.2, 0.25) is 0 Å². The first-order valence-electron chi connectivity index (χ1n) is 6.23. The van der Waals surface area contributed by atoms with E-state index in [1.807, 2.05) is 0 Å². The van der Waals surface area contributed by atoms with Crippen molar-refractivity contribution in [2.45, 2.75) is 57.4 Å². The van der Waals surface area contributed by atoms with Gasteiger partial charge in [-0.3, -0.25) is 0 Å². The molecule has 6 heteroatoms. The molecule has 4 nitrogen and oxygen atoms in total. The Bertz CT molecular complexity index is 358. The van der Waals surface area contributed by atoms with E-state index in [1.165, 1.54) is 6.42 Å². The van der Waals surface area contributed by atoms with E-state index in [9.17, 15) is 8.42 Å². The van der Waals surface area contributed by atoms with E-state index < -0.39 is 15.6 Å². The van der Waals surface area contributed by atoms with E-state index in [1.54, 1.807) is 6.92 Å². The number of thiocarbonyl (C=S) groups is 1. The summed E-state index contributed by atoms with van der Waals surface area (Å²) in [6.07, 6.45) is 6.86. The number of sulfonamides is 1. The predicted molar refractivity (Wildman–Crippen MR) is 74.4 cm³/mol. The molecule has 0 aliphatic heterocycles. The van der Waals surface area contributed by atoms with E-state index in [-0.39, 0.29) is 10.7 Å². The maximum atomic E-state index is 11.7. The van der Waals surface area contributed by atoms with Crippen molar-refractivity contribution in [1.29, 1.82) is 0 Å². The maximum absolute atomic E-state index is 11.7.